The van der Waals surface area contributed by atoms with Crippen LogP contribution in [0.15, 0.2) is 60.7 Å². The van der Waals surface area contributed by atoms with Crippen molar-refractivity contribution in [1.29, 1.82) is 0 Å². The molecule has 2 aromatic carbocycles. The Morgan fingerprint density at radius 3 is 1.97 bits per heavy atom. The minimum atomic E-state index is -1.09. The number of benzene rings is 2. The maximum Gasteiger partial charge on any atom is 0.302 e. The van der Waals surface area contributed by atoms with Crippen LogP contribution in [0, 0.1) is 0 Å². The van der Waals surface area contributed by atoms with Gasteiger partial charge in [0.15, 0.2) is 6.29 Å². The quantitative estimate of drug-likeness (QED) is 0.563. The molecule has 0 bridgehead atoms. The van der Waals surface area contributed by atoms with E-state index in [2.05, 4.69) is 0 Å². The summed E-state index contributed by atoms with van der Waals surface area (Å²) in [4.78, 5) is 11.5. The molecule has 3 rings (SSSR count). The highest BCUT2D eigenvalue weighted by molar-refractivity contribution is 5.65. The van der Waals surface area contributed by atoms with E-state index in [1.54, 1.807) is 0 Å². The first-order valence-corrected chi connectivity index (χ1v) is 10.9. The Labute approximate surface area is 189 Å². The molecule has 32 heavy (non-hydrogen) atoms. The van der Waals surface area contributed by atoms with Gasteiger partial charge < -0.3 is 28.8 Å². The van der Waals surface area contributed by atoms with E-state index in [4.69, 9.17) is 23.7 Å². The topological polar surface area (TPSA) is 83.5 Å². The van der Waals surface area contributed by atoms with Gasteiger partial charge in [-0.15, -0.1) is 0 Å². The second kappa shape index (κ2) is 12.1. The molecule has 0 saturated carbocycles. The van der Waals surface area contributed by atoms with Crippen molar-refractivity contribution in [3.05, 3.63) is 71.8 Å². The average Bonchev–Trinajstić information content (AvgIpc) is 2.78. The lowest BCUT2D eigenvalue weighted by Gasteiger charge is -2.44. The molecule has 0 radical (unpaired) electrons. The molecule has 1 N–H and O–H groups in total. The van der Waals surface area contributed by atoms with Crippen molar-refractivity contribution in [2.75, 3.05) is 6.61 Å². The first kappa shape index (κ1) is 24.4. The third kappa shape index (κ3) is 7.12. The van der Waals surface area contributed by atoms with E-state index in [-0.39, 0.29) is 19.3 Å². The highest BCUT2D eigenvalue weighted by atomic mass is 16.7. The average molecular weight is 445 g/mol. The zero-order chi connectivity index (χ0) is 22.9. The van der Waals surface area contributed by atoms with Crippen LogP contribution in [0.1, 0.15) is 31.9 Å². The zero-order valence-corrected chi connectivity index (χ0v) is 18.8. The first-order chi connectivity index (χ1) is 15.4. The molecule has 0 unspecified atom stereocenters. The lowest BCUT2D eigenvalue weighted by Crippen LogP contribution is -2.61. The molecule has 7 nitrogen and oxygen atoms in total. The monoisotopic (exact) mass is 444 g/mol. The molecule has 7 heteroatoms. The smallest absolute Gasteiger partial charge is 0.302 e. The SMILES string of the molecule is CC(=O)OC[C@H]1O[C@H](OC(C)C)[C@@H](O)[C@@H](OCc2ccccc2)[C@@H]1OCc1ccccc1. The Kier molecular flexibility index (Phi) is 9.20. The second-order valence-electron chi connectivity index (χ2n) is 8.04. The van der Waals surface area contributed by atoms with Crippen LogP contribution >= 0.6 is 0 Å². The van der Waals surface area contributed by atoms with E-state index in [1.165, 1.54) is 6.92 Å². The van der Waals surface area contributed by atoms with E-state index in [0.717, 1.165) is 11.1 Å². The van der Waals surface area contributed by atoms with Crippen LogP contribution in [0.25, 0.3) is 0 Å². The molecule has 5 atom stereocenters. The summed E-state index contributed by atoms with van der Waals surface area (Å²) in [5, 5.41) is 11.1. The lowest BCUT2D eigenvalue weighted by molar-refractivity contribution is -0.323. The summed E-state index contributed by atoms with van der Waals surface area (Å²) in [5.41, 5.74) is 1.93. The van der Waals surface area contributed by atoms with E-state index >= 15 is 0 Å². The Balaban J connectivity index is 1.81. The first-order valence-electron chi connectivity index (χ1n) is 10.9. The zero-order valence-electron chi connectivity index (χ0n) is 18.8. The van der Waals surface area contributed by atoms with Crippen LogP contribution in [0.2, 0.25) is 0 Å². The fourth-order valence-electron chi connectivity index (χ4n) is 3.53. The number of carbonyl (C=O) groups excluding carboxylic acids is 1. The largest absolute Gasteiger partial charge is 0.463 e. The van der Waals surface area contributed by atoms with Gasteiger partial charge in [0.2, 0.25) is 0 Å². The molecule has 0 aromatic heterocycles. The van der Waals surface area contributed by atoms with Crippen LogP contribution in [0.5, 0.6) is 0 Å². The van der Waals surface area contributed by atoms with Crippen molar-refractivity contribution in [2.45, 2.75) is 70.8 Å². The fourth-order valence-corrected chi connectivity index (χ4v) is 3.53. The molecule has 1 aliphatic rings. The van der Waals surface area contributed by atoms with Gasteiger partial charge in [0.1, 0.15) is 31.0 Å². The van der Waals surface area contributed by atoms with Gasteiger partial charge in [-0.05, 0) is 25.0 Å². The summed E-state index contributed by atoms with van der Waals surface area (Å²) in [5.74, 6) is -0.426. The van der Waals surface area contributed by atoms with Gasteiger partial charge in [-0.3, -0.25) is 4.79 Å². The summed E-state index contributed by atoms with van der Waals surface area (Å²) < 4.78 is 29.3. The Morgan fingerprint density at radius 2 is 1.47 bits per heavy atom. The van der Waals surface area contributed by atoms with E-state index < -0.39 is 36.7 Å². The molecular formula is C25H32O7. The third-order valence-corrected chi connectivity index (χ3v) is 5.04. The maximum absolute atomic E-state index is 11.5. The van der Waals surface area contributed by atoms with Gasteiger partial charge in [-0.1, -0.05) is 60.7 Å². The lowest BCUT2D eigenvalue weighted by atomic mass is 9.98. The fraction of sp³-hybridized carbons (Fsp3) is 0.480. The molecule has 174 valence electrons. The predicted molar refractivity (Wildman–Crippen MR) is 118 cm³/mol. The van der Waals surface area contributed by atoms with Gasteiger partial charge in [-0.25, -0.2) is 0 Å². The van der Waals surface area contributed by atoms with E-state index in [9.17, 15) is 9.90 Å². The molecular weight excluding hydrogens is 412 g/mol. The van der Waals surface area contributed by atoms with Gasteiger partial charge in [0.05, 0.1) is 19.3 Å². The molecule has 1 aliphatic heterocycles. The Bertz CT molecular complexity index is 812. The number of aliphatic hydroxyl groups excluding tert-OH is 1. The molecule has 1 fully saturated rings. The van der Waals surface area contributed by atoms with Crippen molar-refractivity contribution in [2.24, 2.45) is 0 Å². The Morgan fingerprint density at radius 1 is 0.938 bits per heavy atom. The summed E-state index contributed by atoms with van der Waals surface area (Å²) in [7, 11) is 0. The number of hydrogen-bond donors (Lipinski definition) is 1. The van der Waals surface area contributed by atoms with Gasteiger partial charge in [0.25, 0.3) is 0 Å². The summed E-state index contributed by atoms with van der Waals surface area (Å²) in [6, 6.07) is 19.4. The molecule has 0 aliphatic carbocycles. The van der Waals surface area contributed by atoms with Crippen molar-refractivity contribution in [3.63, 3.8) is 0 Å². The minimum absolute atomic E-state index is 0.0370. The van der Waals surface area contributed by atoms with Crippen molar-refractivity contribution < 1.29 is 33.6 Å². The normalized spacial score (nSPS) is 25.6. The van der Waals surface area contributed by atoms with Gasteiger partial charge >= 0.3 is 5.97 Å². The summed E-state index contributed by atoms with van der Waals surface area (Å²) >= 11 is 0. The standard InChI is InChI=1S/C25H32O7/c1-17(2)31-25-22(27)24(30-15-20-12-8-5-9-13-20)23(21(32-25)16-28-18(3)26)29-14-19-10-6-4-7-11-19/h4-13,17,21-25,27H,14-16H2,1-3H3/t21-,22+,23-,24-,25+/m1/s1. The van der Waals surface area contributed by atoms with Crippen molar-refractivity contribution >= 4 is 5.97 Å². The molecule has 1 heterocycles. The molecule has 0 spiro atoms. The Hall–Kier alpha value is -2.29. The highest BCUT2D eigenvalue weighted by Crippen LogP contribution is 2.29. The number of aliphatic hydroxyl groups is 1. The van der Waals surface area contributed by atoms with Crippen LogP contribution in [0.4, 0.5) is 0 Å². The van der Waals surface area contributed by atoms with E-state index in [1.807, 2.05) is 74.5 Å². The van der Waals surface area contributed by atoms with Crippen LogP contribution in [0.3, 0.4) is 0 Å². The third-order valence-electron chi connectivity index (χ3n) is 5.04. The molecule has 2 aromatic rings. The molecule has 1 saturated heterocycles. The number of carbonyl (C=O) groups is 1. The van der Waals surface area contributed by atoms with Crippen molar-refractivity contribution in [3.8, 4) is 0 Å². The van der Waals surface area contributed by atoms with Crippen LogP contribution in [-0.4, -0.2) is 54.5 Å². The van der Waals surface area contributed by atoms with Gasteiger partial charge in [-0.2, -0.15) is 0 Å². The number of rotatable bonds is 10. The number of hydrogen-bond acceptors (Lipinski definition) is 7. The molecule has 0 amide bonds. The summed E-state index contributed by atoms with van der Waals surface area (Å²) in [6.07, 6.45) is -4.31. The van der Waals surface area contributed by atoms with Crippen LogP contribution < -0.4 is 0 Å². The predicted octanol–water partition coefficient (Wildman–Crippen LogP) is 3.23. The summed E-state index contributed by atoms with van der Waals surface area (Å²) in [6.45, 7) is 5.58. The number of esters is 1. The number of ether oxygens (including phenoxy) is 5. The van der Waals surface area contributed by atoms with Crippen LogP contribution in [-0.2, 0) is 41.7 Å². The van der Waals surface area contributed by atoms with Crippen molar-refractivity contribution in [1.82, 2.24) is 0 Å². The highest BCUT2D eigenvalue weighted by Gasteiger charge is 2.48. The van der Waals surface area contributed by atoms with Gasteiger partial charge in [0, 0.05) is 6.92 Å². The van der Waals surface area contributed by atoms with E-state index in [0.29, 0.717) is 6.61 Å². The minimum Gasteiger partial charge on any atom is -0.463 e. The second-order valence-corrected chi connectivity index (χ2v) is 8.04. The maximum atomic E-state index is 11.5.